The van der Waals surface area contributed by atoms with Gasteiger partial charge in [0.2, 0.25) is 5.91 Å². The summed E-state index contributed by atoms with van der Waals surface area (Å²) in [5, 5.41) is 3.04. The number of anilines is 1. The Labute approximate surface area is 119 Å². The van der Waals surface area contributed by atoms with Crippen LogP contribution in [0.1, 0.15) is 19.8 Å². The molecule has 2 rings (SSSR count). The Bertz CT molecular complexity index is 638. The summed E-state index contributed by atoms with van der Waals surface area (Å²) in [7, 11) is -1.48. The van der Waals surface area contributed by atoms with Crippen LogP contribution in [0.15, 0.2) is 23.4 Å². The van der Waals surface area contributed by atoms with Crippen molar-refractivity contribution in [3.05, 3.63) is 18.2 Å². The number of hydrogen-bond acceptors (Lipinski definition) is 4. The maximum atomic E-state index is 12.1. The number of aromatic nitrogens is 2. The van der Waals surface area contributed by atoms with Gasteiger partial charge in [0.05, 0.1) is 21.8 Å². The first-order chi connectivity index (χ1) is 9.60. The van der Waals surface area contributed by atoms with E-state index in [2.05, 4.69) is 15.3 Å². The number of benzene rings is 1. The molecule has 0 aliphatic heterocycles. The first kappa shape index (κ1) is 14.5. The smallest absolute Gasteiger partial charge is 0.233 e. The molecule has 0 bridgehead atoms. The number of unbranched alkanes of at least 4 members (excludes halogenated alkanes) is 1. The molecule has 2 aromatic rings. The normalized spacial score (nSPS) is 12.4. The number of carbonyl (C=O) groups is 1. The number of imidazole rings is 1. The summed E-state index contributed by atoms with van der Waals surface area (Å²) in [4.78, 5) is 18.8. The number of nitrogens with zero attached hydrogens (tertiary/aromatic N) is 1. The van der Waals surface area contributed by atoms with Crippen molar-refractivity contribution in [2.45, 2.75) is 24.9 Å². The van der Waals surface area contributed by atoms with Gasteiger partial charge < -0.3 is 16.0 Å². The van der Waals surface area contributed by atoms with Gasteiger partial charge in [0, 0.05) is 12.2 Å². The summed E-state index contributed by atoms with van der Waals surface area (Å²) >= 11 is 0. The lowest BCUT2D eigenvalue weighted by Gasteiger charge is -2.02. The minimum atomic E-state index is -1.48. The van der Waals surface area contributed by atoms with Gasteiger partial charge in [-0.15, -0.1) is 0 Å². The van der Waals surface area contributed by atoms with Crippen LogP contribution in [-0.2, 0) is 15.6 Å². The second kappa shape index (κ2) is 6.51. The van der Waals surface area contributed by atoms with E-state index in [9.17, 15) is 9.00 Å². The molecule has 0 aliphatic carbocycles. The summed E-state index contributed by atoms with van der Waals surface area (Å²) in [6.45, 7) is 2.66. The summed E-state index contributed by atoms with van der Waals surface area (Å²) in [6.07, 6.45) is 1.93. The van der Waals surface area contributed by atoms with Crippen molar-refractivity contribution in [2.75, 3.05) is 18.0 Å². The van der Waals surface area contributed by atoms with Gasteiger partial charge >= 0.3 is 0 Å². The van der Waals surface area contributed by atoms with Crippen LogP contribution in [0, 0.1) is 0 Å². The van der Waals surface area contributed by atoms with Gasteiger partial charge in [0.15, 0.2) is 5.16 Å². The average Bonchev–Trinajstić information content (AvgIpc) is 2.82. The summed E-state index contributed by atoms with van der Waals surface area (Å²) in [6, 6.07) is 5.21. The fraction of sp³-hybridized carbons (Fsp3) is 0.385. The highest BCUT2D eigenvalue weighted by Crippen LogP contribution is 2.16. The summed E-state index contributed by atoms with van der Waals surface area (Å²) in [5.74, 6) is -0.310. The molecule has 0 saturated heterocycles. The number of amides is 1. The Morgan fingerprint density at radius 2 is 2.30 bits per heavy atom. The highest BCUT2D eigenvalue weighted by Gasteiger charge is 2.14. The van der Waals surface area contributed by atoms with Crippen LogP contribution >= 0.6 is 0 Å². The third kappa shape index (κ3) is 3.57. The van der Waals surface area contributed by atoms with Gasteiger partial charge in [-0.1, -0.05) is 13.3 Å². The first-order valence-electron chi connectivity index (χ1n) is 6.50. The standard InChI is InChI=1S/C13H18N4O2S/c1-2-3-6-15-12(18)8-20(19)13-16-10-5-4-9(14)7-11(10)17-13/h4-5,7H,2-3,6,8,14H2,1H3,(H,15,18)(H,16,17). The van der Waals surface area contributed by atoms with Gasteiger partial charge in [-0.05, 0) is 24.6 Å². The van der Waals surface area contributed by atoms with Gasteiger partial charge in [0.1, 0.15) is 5.75 Å². The Morgan fingerprint density at radius 1 is 1.50 bits per heavy atom. The maximum Gasteiger partial charge on any atom is 0.233 e. The molecule has 6 nitrogen and oxygen atoms in total. The van der Waals surface area contributed by atoms with Crippen LogP contribution in [0.25, 0.3) is 11.0 Å². The Morgan fingerprint density at radius 3 is 3.05 bits per heavy atom. The molecule has 0 spiro atoms. The zero-order valence-electron chi connectivity index (χ0n) is 11.3. The number of rotatable bonds is 6. The number of carbonyl (C=O) groups excluding carboxylic acids is 1. The van der Waals surface area contributed by atoms with Crippen LogP contribution in [0.5, 0.6) is 0 Å². The van der Waals surface area contributed by atoms with Crippen molar-refractivity contribution in [1.82, 2.24) is 15.3 Å². The molecule has 1 aromatic heterocycles. The maximum absolute atomic E-state index is 12.1. The average molecular weight is 294 g/mol. The van der Waals surface area contributed by atoms with E-state index in [1.165, 1.54) is 0 Å². The molecule has 7 heteroatoms. The second-order valence-electron chi connectivity index (χ2n) is 4.51. The van der Waals surface area contributed by atoms with Crippen LogP contribution in [0.2, 0.25) is 0 Å². The fourth-order valence-corrected chi connectivity index (χ4v) is 2.66. The van der Waals surface area contributed by atoms with Crippen LogP contribution in [-0.4, -0.2) is 32.4 Å². The van der Waals surface area contributed by atoms with Gasteiger partial charge in [0.25, 0.3) is 0 Å². The SMILES string of the molecule is CCCCNC(=O)CS(=O)c1nc2ccc(N)cc2[nH]1. The Balaban J connectivity index is 2.02. The summed E-state index contributed by atoms with van der Waals surface area (Å²) in [5.41, 5.74) is 7.69. The van der Waals surface area contributed by atoms with Crippen molar-refractivity contribution < 1.29 is 9.00 Å². The highest BCUT2D eigenvalue weighted by atomic mass is 32.2. The van der Waals surface area contributed by atoms with Crippen molar-refractivity contribution in [3.63, 3.8) is 0 Å². The third-order valence-electron chi connectivity index (χ3n) is 2.81. The van der Waals surface area contributed by atoms with E-state index >= 15 is 0 Å². The zero-order valence-corrected chi connectivity index (χ0v) is 12.1. The number of nitrogen functional groups attached to an aromatic ring is 1. The molecule has 0 aliphatic rings. The Kier molecular flexibility index (Phi) is 4.73. The molecule has 1 heterocycles. The Hall–Kier alpha value is -1.89. The molecule has 1 unspecified atom stereocenters. The molecular weight excluding hydrogens is 276 g/mol. The first-order valence-corrected chi connectivity index (χ1v) is 7.82. The van der Waals surface area contributed by atoms with Crippen molar-refractivity contribution in [2.24, 2.45) is 0 Å². The minimum absolute atomic E-state index is 0.0843. The molecule has 1 amide bonds. The minimum Gasteiger partial charge on any atom is -0.399 e. The van der Waals surface area contributed by atoms with E-state index in [1.807, 2.05) is 6.92 Å². The predicted molar refractivity (Wildman–Crippen MR) is 79.7 cm³/mol. The van der Waals surface area contributed by atoms with Gasteiger partial charge in [-0.2, -0.15) is 0 Å². The third-order valence-corrected chi connectivity index (χ3v) is 3.96. The van der Waals surface area contributed by atoms with E-state index < -0.39 is 10.8 Å². The molecule has 1 aromatic carbocycles. The molecule has 0 saturated carbocycles. The molecule has 20 heavy (non-hydrogen) atoms. The number of hydrogen-bond donors (Lipinski definition) is 3. The van der Waals surface area contributed by atoms with Gasteiger partial charge in [-0.25, -0.2) is 4.98 Å². The van der Waals surface area contributed by atoms with E-state index in [-0.39, 0.29) is 11.7 Å². The number of nitrogens with one attached hydrogen (secondary N) is 2. The van der Waals surface area contributed by atoms with Crippen molar-refractivity contribution in [1.29, 1.82) is 0 Å². The zero-order chi connectivity index (χ0) is 14.5. The monoisotopic (exact) mass is 294 g/mol. The van der Waals surface area contributed by atoms with Crippen LogP contribution < -0.4 is 11.1 Å². The van der Waals surface area contributed by atoms with Crippen molar-refractivity contribution in [3.8, 4) is 0 Å². The number of H-pyrrole nitrogens is 1. The molecule has 108 valence electrons. The number of aromatic amines is 1. The van der Waals surface area contributed by atoms with E-state index in [0.717, 1.165) is 18.4 Å². The molecular formula is C13H18N4O2S. The lowest BCUT2D eigenvalue weighted by Crippen LogP contribution is -2.29. The van der Waals surface area contributed by atoms with Crippen LogP contribution in [0.3, 0.4) is 0 Å². The molecule has 0 radical (unpaired) electrons. The molecule has 0 fully saturated rings. The lowest BCUT2D eigenvalue weighted by molar-refractivity contribution is -0.118. The van der Waals surface area contributed by atoms with Crippen LogP contribution in [0.4, 0.5) is 5.69 Å². The predicted octanol–water partition coefficient (Wildman–Crippen LogP) is 1.17. The number of fused-ring (bicyclic) bond motifs is 1. The topological polar surface area (TPSA) is 101 Å². The molecule has 1 atom stereocenters. The van der Waals surface area contributed by atoms with Gasteiger partial charge in [-0.3, -0.25) is 9.00 Å². The molecule has 4 N–H and O–H groups in total. The van der Waals surface area contributed by atoms with E-state index in [1.54, 1.807) is 18.2 Å². The summed E-state index contributed by atoms with van der Waals surface area (Å²) < 4.78 is 12.1. The fourth-order valence-electron chi connectivity index (χ4n) is 1.75. The van der Waals surface area contributed by atoms with E-state index in [0.29, 0.717) is 22.9 Å². The van der Waals surface area contributed by atoms with Crippen molar-refractivity contribution >= 4 is 33.4 Å². The second-order valence-corrected chi connectivity index (χ2v) is 5.88. The quantitative estimate of drug-likeness (QED) is 0.550. The number of nitrogens with two attached hydrogens (primary N) is 1. The van der Waals surface area contributed by atoms with E-state index in [4.69, 9.17) is 5.73 Å². The largest absolute Gasteiger partial charge is 0.399 e. The highest BCUT2D eigenvalue weighted by molar-refractivity contribution is 7.85. The lowest BCUT2D eigenvalue weighted by atomic mass is 10.3.